The SMILES string of the molecule is O=C(N[C@H](CCC1CCCCC1)C(=S)NCc1ccc(Oc2ccccc2)cc1)[C@@H]1CSCN1CC(O)CO. The van der Waals surface area contributed by atoms with Gasteiger partial charge in [-0.2, -0.15) is 0 Å². The van der Waals surface area contributed by atoms with Gasteiger partial charge in [-0.05, 0) is 48.6 Å². The van der Waals surface area contributed by atoms with Gasteiger partial charge in [-0.1, -0.05) is 74.7 Å². The fourth-order valence-electron chi connectivity index (χ4n) is 5.25. The van der Waals surface area contributed by atoms with Crippen molar-refractivity contribution in [2.75, 3.05) is 24.8 Å². The number of thioether (sulfide) groups is 1. The monoisotopic (exact) mass is 571 g/mol. The van der Waals surface area contributed by atoms with Crippen molar-refractivity contribution in [1.29, 1.82) is 0 Å². The largest absolute Gasteiger partial charge is 0.457 e. The number of aliphatic hydroxyl groups is 2. The van der Waals surface area contributed by atoms with Crippen molar-refractivity contribution in [3.63, 3.8) is 0 Å². The smallest absolute Gasteiger partial charge is 0.238 e. The van der Waals surface area contributed by atoms with Crippen molar-refractivity contribution in [2.45, 2.75) is 69.7 Å². The second-order valence-electron chi connectivity index (χ2n) is 10.5. The van der Waals surface area contributed by atoms with Crippen molar-refractivity contribution in [2.24, 2.45) is 5.92 Å². The lowest BCUT2D eigenvalue weighted by molar-refractivity contribution is -0.125. The maximum atomic E-state index is 13.3. The first kappa shape index (κ1) is 29.8. The molecule has 1 saturated carbocycles. The number of carbonyl (C=O) groups is 1. The molecule has 4 rings (SSSR count). The lowest BCUT2D eigenvalue weighted by Crippen LogP contribution is -2.53. The number of aliphatic hydroxyl groups excluding tert-OH is 2. The quantitative estimate of drug-likeness (QED) is 0.262. The van der Waals surface area contributed by atoms with E-state index in [4.69, 9.17) is 17.0 Å². The highest BCUT2D eigenvalue weighted by Crippen LogP contribution is 2.28. The van der Waals surface area contributed by atoms with E-state index < -0.39 is 6.10 Å². The maximum absolute atomic E-state index is 13.3. The highest BCUT2D eigenvalue weighted by molar-refractivity contribution is 7.99. The fourth-order valence-corrected chi connectivity index (χ4v) is 6.71. The van der Waals surface area contributed by atoms with Crippen LogP contribution in [0.25, 0.3) is 0 Å². The number of nitrogens with zero attached hydrogens (tertiary/aromatic N) is 1. The van der Waals surface area contributed by atoms with Gasteiger partial charge in [0.05, 0.1) is 29.8 Å². The Morgan fingerprint density at radius 2 is 1.79 bits per heavy atom. The molecule has 1 amide bonds. The van der Waals surface area contributed by atoms with Crippen molar-refractivity contribution < 1.29 is 19.7 Å². The summed E-state index contributed by atoms with van der Waals surface area (Å²) in [6.45, 7) is 0.530. The molecule has 0 radical (unpaired) electrons. The molecular weight excluding hydrogens is 530 g/mol. The molecule has 39 heavy (non-hydrogen) atoms. The molecule has 1 aliphatic carbocycles. The zero-order valence-electron chi connectivity index (χ0n) is 22.5. The van der Waals surface area contributed by atoms with E-state index in [1.165, 1.54) is 32.1 Å². The molecule has 2 aromatic rings. The minimum Gasteiger partial charge on any atom is -0.457 e. The van der Waals surface area contributed by atoms with Crippen LogP contribution in [-0.4, -0.2) is 69.0 Å². The molecule has 1 saturated heterocycles. The molecule has 0 aromatic heterocycles. The van der Waals surface area contributed by atoms with Gasteiger partial charge in [0, 0.05) is 24.7 Å². The summed E-state index contributed by atoms with van der Waals surface area (Å²) in [5, 5.41) is 25.8. The average molecular weight is 572 g/mol. The zero-order chi connectivity index (χ0) is 27.5. The number of β-amino-alcohol motifs (C(OH)–C–C–N with tert-alkyl or cyclic N) is 1. The van der Waals surface area contributed by atoms with Gasteiger partial charge in [0.1, 0.15) is 11.5 Å². The molecule has 212 valence electrons. The molecule has 1 heterocycles. The van der Waals surface area contributed by atoms with Crippen molar-refractivity contribution in [1.82, 2.24) is 15.5 Å². The van der Waals surface area contributed by atoms with Crippen LogP contribution in [0.15, 0.2) is 54.6 Å². The van der Waals surface area contributed by atoms with Gasteiger partial charge >= 0.3 is 0 Å². The van der Waals surface area contributed by atoms with Crippen LogP contribution in [0.1, 0.15) is 50.5 Å². The number of carbonyl (C=O) groups excluding carboxylic acids is 1. The van der Waals surface area contributed by atoms with Gasteiger partial charge in [-0.25, -0.2) is 0 Å². The van der Waals surface area contributed by atoms with E-state index >= 15 is 0 Å². The van der Waals surface area contributed by atoms with Crippen molar-refractivity contribution in [3.05, 3.63) is 60.2 Å². The third-order valence-electron chi connectivity index (χ3n) is 7.52. The van der Waals surface area contributed by atoms with Gasteiger partial charge in [0.2, 0.25) is 5.91 Å². The van der Waals surface area contributed by atoms with Crippen LogP contribution in [0.3, 0.4) is 0 Å². The maximum Gasteiger partial charge on any atom is 0.238 e. The van der Waals surface area contributed by atoms with E-state index in [9.17, 15) is 15.0 Å². The molecule has 1 aliphatic heterocycles. The molecule has 2 aromatic carbocycles. The average Bonchev–Trinajstić information content (AvgIpc) is 3.43. The minimum atomic E-state index is -0.853. The number of thiocarbonyl (C=S) groups is 1. The predicted octanol–water partition coefficient (Wildman–Crippen LogP) is 4.47. The van der Waals surface area contributed by atoms with Crippen LogP contribution in [0.2, 0.25) is 0 Å². The van der Waals surface area contributed by atoms with Gasteiger partial charge in [0.25, 0.3) is 0 Å². The van der Waals surface area contributed by atoms with Crippen molar-refractivity contribution in [3.8, 4) is 11.5 Å². The summed E-state index contributed by atoms with van der Waals surface area (Å²) >= 11 is 7.49. The Morgan fingerprint density at radius 3 is 2.51 bits per heavy atom. The molecular formula is C30H41N3O4S2. The molecule has 3 atom stereocenters. The van der Waals surface area contributed by atoms with Crippen LogP contribution >= 0.6 is 24.0 Å². The Labute approximate surface area is 241 Å². The highest BCUT2D eigenvalue weighted by Gasteiger charge is 2.34. The Balaban J connectivity index is 1.34. The summed E-state index contributed by atoms with van der Waals surface area (Å²) in [5.41, 5.74) is 1.08. The normalized spacial score (nSPS) is 19.8. The van der Waals surface area contributed by atoms with Crippen LogP contribution in [-0.2, 0) is 11.3 Å². The lowest BCUT2D eigenvalue weighted by atomic mass is 9.85. The van der Waals surface area contributed by atoms with Crippen LogP contribution in [0, 0.1) is 5.92 Å². The van der Waals surface area contributed by atoms with Crippen molar-refractivity contribution >= 4 is 34.9 Å². The van der Waals surface area contributed by atoms with Gasteiger partial charge in [0.15, 0.2) is 0 Å². The molecule has 0 bridgehead atoms. The molecule has 4 N–H and O–H groups in total. The second-order valence-corrected chi connectivity index (χ2v) is 12.0. The number of hydrogen-bond acceptors (Lipinski definition) is 7. The summed E-state index contributed by atoms with van der Waals surface area (Å²) in [6, 6.07) is 17.0. The Morgan fingerprint density at radius 1 is 1.08 bits per heavy atom. The van der Waals surface area contributed by atoms with E-state index in [0.29, 0.717) is 29.1 Å². The first-order valence-electron chi connectivity index (χ1n) is 14.0. The second kappa shape index (κ2) is 15.6. The number of amides is 1. The highest BCUT2D eigenvalue weighted by atomic mass is 32.2. The molecule has 2 aliphatic rings. The van der Waals surface area contributed by atoms with Gasteiger partial charge in [-0.15, -0.1) is 11.8 Å². The molecule has 7 nitrogen and oxygen atoms in total. The summed E-state index contributed by atoms with van der Waals surface area (Å²) < 4.78 is 5.89. The fraction of sp³-hybridized carbons (Fsp3) is 0.533. The van der Waals surface area contributed by atoms with E-state index in [0.717, 1.165) is 29.9 Å². The Kier molecular flexibility index (Phi) is 11.9. The molecule has 1 unspecified atom stereocenters. The molecule has 0 spiro atoms. The van der Waals surface area contributed by atoms with E-state index in [-0.39, 0.29) is 31.1 Å². The summed E-state index contributed by atoms with van der Waals surface area (Å²) in [5.74, 6) is 3.52. The Bertz CT molecular complexity index is 1030. The van der Waals surface area contributed by atoms with Gasteiger partial charge < -0.3 is 25.6 Å². The zero-order valence-corrected chi connectivity index (χ0v) is 24.1. The summed E-state index contributed by atoms with van der Waals surface area (Å²) in [6.07, 6.45) is 7.41. The number of rotatable bonds is 13. The van der Waals surface area contributed by atoms with Crippen LogP contribution in [0.5, 0.6) is 11.5 Å². The van der Waals surface area contributed by atoms with Gasteiger partial charge in [-0.3, -0.25) is 9.69 Å². The molecule has 9 heteroatoms. The Hall–Kier alpha value is -2.17. The number of benzene rings is 2. The lowest BCUT2D eigenvalue weighted by Gasteiger charge is -2.29. The van der Waals surface area contributed by atoms with E-state index in [1.807, 2.05) is 59.5 Å². The third-order valence-corrected chi connectivity index (χ3v) is 9.02. The summed E-state index contributed by atoms with van der Waals surface area (Å²) in [4.78, 5) is 15.9. The van der Waals surface area contributed by atoms with E-state index in [1.54, 1.807) is 11.8 Å². The topological polar surface area (TPSA) is 94.1 Å². The summed E-state index contributed by atoms with van der Waals surface area (Å²) in [7, 11) is 0. The predicted molar refractivity (Wildman–Crippen MR) is 161 cm³/mol. The number of para-hydroxylation sites is 1. The number of hydrogen-bond donors (Lipinski definition) is 4. The minimum absolute atomic E-state index is 0.0645. The van der Waals surface area contributed by atoms with E-state index in [2.05, 4.69) is 10.6 Å². The van der Waals surface area contributed by atoms with Crippen LogP contribution < -0.4 is 15.4 Å². The molecule has 2 fully saturated rings. The third kappa shape index (κ3) is 9.46. The first-order valence-corrected chi connectivity index (χ1v) is 15.6. The number of nitrogens with one attached hydrogen (secondary N) is 2. The standard InChI is InChI=1S/C30H41N3O4S2/c34-19-24(35)18-33-21-39-20-28(33)29(36)32-27(16-13-22-7-3-1-4-8-22)30(38)31-17-23-11-14-26(15-12-23)37-25-9-5-2-6-10-25/h2,5-6,9-12,14-15,22,24,27-28,34-35H,1,3-4,7-8,13,16-21H2,(H,31,38)(H,32,36)/t24?,27-,28+/m1/s1. The van der Waals surface area contributed by atoms with Crippen LogP contribution in [0.4, 0.5) is 0 Å². The first-order chi connectivity index (χ1) is 19.0. The number of ether oxygens (including phenoxy) is 1.